The molecule has 1 aromatic carbocycles. The summed E-state index contributed by atoms with van der Waals surface area (Å²) in [7, 11) is 0. The van der Waals surface area contributed by atoms with Gasteiger partial charge in [0.1, 0.15) is 0 Å². The minimum absolute atomic E-state index is 0.282. The number of rotatable bonds is 3. The van der Waals surface area contributed by atoms with Crippen LogP contribution in [0.5, 0.6) is 0 Å². The number of aliphatic hydroxyl groups excluding tert-OH is 2. The monoisotopic (exact) mass is 248 g/mol. The SMILES string of the molecule is CC(C)(C)C(O)C(O)Cc1ccc2c(c1)CCC2. The Hall–Kier alpha value is -0.860. The number of aryl methyl sites for hydroxylation is 2. The summed E-state index contributed by atoms with van der Waals surface area (Å²) in [4.78, 5) is 0. The Bertz CT molecular complexity index is 418. The van der Waals surface area contributed by atoms with Crippen molar-refractivity contribution in [2.45, 2.75) is 58.7 Å². The molecule has 0 heterocycles. The summed E-state index contributed by atoms with van der Waals surface area (Å²) in [6, 6.07) is 6.46. The van der Waals surface area contributed by atoms with Gasteiger partial charge in [0, 0.05) is 6.42 Å². The number of fused-ring (bicyclic) bond motifs is 1. The molecule has 2 atom stereocenters. The molecule has 0 bridgehead atoms. The van der Waals surface area contributed by atoms with Crippen LogP contribution in [-0.2, 0) is 19.3 Å². The largest absolute Gasteiger partial charge is 0.390 e. The van der Waals surface area contributed by atoms with Crippen molar-refractivity contribution in [3.63, 3.8) is 0 Å². The standard InChI is InChI=1S/C16H24O2/c1-16(2,3)15(18)14(17)10-11-7-8-12-5-4-6-13(12)9-11/h7-9,14-15,17-18H,4-6,10H2,1-3H3. The Morgan fingerprint density at radius 3 is 2.44 bits per heavy atom. The van der Waals surface area contributed by atoms with Gasteiger partial charge in [-0.15, -0.1) is 0 Å². The fourth-order valence-corrected chi connectivity index (χ4v) is 2.68. The van der Waals surface area contributed by atoms with E-state index in [2.05, 4.69) is 18.2 Å². The molecule has 2 nitrogen and oxygen atoms in total. The lowest BCUT2D eigenvalue weighted by atomic mass is 9.84. The molecule has 0 fully saturated rings. The maximum Gasteiger partial charge on any atom is 0.0850 e. The molecule has 0 spiro atoms. The summed E-state index contributed by atoms with van der Waals surface area (Å²) in [6.07, 6.45) is 2.73. The molecule has 1 aliphatic rings. The summed E-state index contributed by atoms with van der Waals surface area (Å²) in [6.45, 7) is 5.84. The zero-order chi connectivity index (χ0) is 13.3. The van der Waals surface area contributed by atoms with E-state index in [0.29, 0.717) is 6.42 Å². The summed E-state index contributed by atoms with van der Waals surface area (Å²) in [5.41, 5.74) is 3.72. The highest BCUT2D eigenvalue weighted by molar-refractivity contribution is 5.35. The normalized spacial score (nSPS) is 18.5. The third kappa shape index (κ3) is 2.93. The first-order valence-electron chi connectivity index (χ1n) is 6.85. The van der Waals surface area contributed by atoms with Crippen LogP contribution in [0.4, 0.5) is 0 Å². The van der Waals surface area contributed by atoms with Crippen molar-refractivity contribution in [2.24, 2.45) is 5.41 Å². The van der Waals surface area contributed by atoms with E-state index in [-0.39, 0.29) is 5.41 Å². The van der Waals surface area contributed by atoms with Crippen LogP contribution in [0.2, 0.25) is 0 Å². The van der Waals surface area contributed by atoms with Crippen LogP contribution in [0, 0.1) is 5.41 Å². The molecule has 0 saturated carbocycles. The minimum Gasteiger partial charge on any atom is -0.390 e. The quantitative estimate of drug-likeness (QED) is 0.863. The Morgan fingerprint density at radius 2 is 1.78 bits per heavy atom. The maximum atomic E-state index is 10.1. The van der Waals surface area contributed by atoms with E-state index in [9.17, 15) is 10.2 Å². The Balaban J connectivity index is 2.05. The highest BCUT2D eigenvalue weighted by atomic mass is 16.3. The van der Waals surface area contributed by atoms with Gasteiger partial charge in [-0.3, -0.25) is 0 Å². The molecule has 1 aromatic rings. The van der Waals surface area contributed by atoms with Crippen molar-refractivity contribution in [1.82, 2.24) is 0 Å². The lowest BCUT2D eigenvalue weighted by molar-refractivity contribution is -0.0434. The molecule has 100 valence electrons. The Labute approximate surface area is 110 Å². The van der Waals surface area contributed by atoms with Gasteiger partial charge in [-0.25, -0.2) is 0 Å². The van der Waals surface area contributed by atoms with Gasteiger partial charge in [0.25, 0.3) is 0 Å². The van der Waals surface area contributed by atoms with E-state index in [1.807, 2.05) is 20.8 Å². The van der Waals surface area contributed by atoms with E-state index in [4.69, 9.17) is 0 Å². The second-order valence-corrected chi connectivity index (χ2v) is 6.54. The predicted molar refractivity (Wildman–Crippen MR) is 73.6 cm³/mol. The first-order chi connectivity index (χ1) is 8.38. The maximum absolute atomic E-state index is 10.1. The fourth-order valence-electron chi connectivity index (χ4n) is 2.68. The van der Waals surface area contributed by atoms with Gasteiger partial charge in [-0.1, -0.05) is 39.0 Å². The van der Waals surface area contributed by atoms with E-state index in [1.165, 1.54) is 24.0 Å². The van der Waals surface area contributed by atoms with E-state index in [1.54, 1.807) is 0 Å². The Kier molecular flexibility index (Phi) is 3.79. The van der Waals surface area contributed by atoms with Gasteiger partial charge >= 0.3 is 0 Å². The van der Waals surface area contributed by atoms with Gasteiger partial charge in [0.2, 0.25) is 0 Å². The van der Waals surface area contributed by atoms with Crippen LogP contribution in [-0.4, -0.2) is 22.4 Å². The van der Waals surface area contributed by atoms with Crippen molar-refractivity contribution in [2.75, 3.05) is 0 Å². The zero-order valence-corrected chi connectivity index (χ0v) is 11.6. The van der Waals surface area contributed by atoms with Crippen LogP contribution < -0.4 is 0 Å². The van der Waals surface area contributed by atoms with Crippen LogP contribution in [0.15, 0.2) is 18.2 Å². The van der Waals surface area contributed by atoms with E-state index < -0.39 is 12.2 Å². The zero-order valence-electron chi connectivity index (χ0n) is 11.6. The molecule has 0 saturated heterocycles. The van der Waals surface area contributed by atoms with Gasteiger partial charge in [0.15, 0.2) is 0 Å². The summed E-state index contributed by atoms with van der Waals surface area (Å²) in [5, 5.41) is 20.2. The molecule has 2 N–H and O–H groups in total. The second kappa shape index (κ2) is 5.02. The molecule has 0 amide bonds. The van der Waals surface area contributed by atoms with Crippen molar-refractivity contribution in [1.29, 1.82) is 0 Å². The molecule has 2 heteroatoms. The number of hydrogen-bond donors (Lipinski definition) is 2. The molecule has 0 aliphatic heterocycles. The molecular weight excluding hydrogens is 224 g/mol. The van der Waals surface area contributed by atoms with Gasteiger partial charge < -0.3 is 10.2 Å². The van der Waals surface area contributed by atoms with Crippen LogP contribution in [0.3, 0.4) is 0 Å². The van der Waals surface area contributed by atoms with E-state index >= 15 is 0 Å². The highest BCUT2D eigenvalue weighted by Gasteiger charge is 2.29. The number of aliphatic hydroxyl groups is 2. The van der Waals surface area contributed by atoms with Gasteiger partial charge in [-0.05, 0) is 41.4 Å². The van der Waals surface area contributed by atoms with Gasteiger partial charge in [0.05, 0.1) is 12.2 Å². The summed E-state index contributed by atoms with van der Waals surface area (Å²) in [5.74, 6) is 0. The van der Waals surface area contributed by atoms with Crippen molar-refractivity contribution < 1.29 is 10.2 Å². The molecule has 1 aliphatic carbocycles. The number of benzene rings is 1. The Morgan fingerprint density at radius 1 is 1.11 bits per heavy atom. The molecule has 2 rings (SSSR count). The third-order valence-electron chi connectivity index (χ3n) is 3.86. The van der Waals surface area contributed by atoms with Crippen LogP contribution in [0.1, 0.15) is 43.9 Å². The minimum atomic E-state index is -0.690. The van der Waals surface area contributed by atoms with Crippen molar-refractivity contribution >= 4 is 0 Å². The lowest BCUT2D eigenvalue weighted by Crippen LogP contribution is -2.38. The summed E-state index contributed by atoms with van der Waals surface area (Å²) >= 11 is 0. The first kappa shape index (κ1) is 13.6. The molecule has 0 radical (unpaired) electrons. The van der Waals surface area contributed by atoms with Crippen LogP contribution >= 0.6 is 0 Å². The molecule has 0 aromatic heterocycles. The highest BCUT2D eigenvalue weighted by Crippen LogP contribution is 2.26. The van der Waals surface area contributed by atoms with E-state index in [0.717, 1.165) is 12.0 Å². The summed E-state index contributed by atoms with van der Waals surface area (Å²) < 4.78 is 0. The first-order valence-corrected chi connectivity index (χ1v) is 6.85. The average Bonchev–Trinajstić information content (AvgIpc) is 2.73. The third-order valence-corrected chi connectivity index (χ3v) is 3.86. The molecular formula is C16H24O2. The number of hydrogen-bond acceptors (Lipinski definition) is 2. The van der Waals surface area contributed by atoms with Crippen molar-refractivity contribution in [3.8, 4) is 0 Å². The topological polar surface area (TPSA) is 40.5 Å². The lowest BCUT2D eigenvalue weighted by Gasteiger charge is -2.30. The smallest absolute Gasteiger partial charge is 0.0850 e. The predicted octanol–water partition coefficient (Wildman–Crippen LogP) is 2.49. The van der Waals surface area contributed by atoms with Crippen molar-refractivity contribution in [3.05, 3.63) is 34.9 Å². The second-order valence-electron chi connectivity index (χ2n) is 6.54. The van der Waals surface area contributed by atoms with Crippen LogP contribution in [0.25, 0.3) is 0 Å². The average molecular weight is 248 g/mol. The molecule has 2 unspecified atom stereocenters. The molecule has 18 heavy (non-hydrogen) atoms. The fraction of sp³-hybridized carbons (Fsp3) is 0.625. The van der Waals surface area contributed by atoms with Gasteiger partial charge in [-0.2, -0.15) is 0 Å².